The third kappa shape index (κ3) is 4.20. The molecule has 3 rings (SSSR count). The zero-order valence-electron chi connectivity index (χ0n) is 13.9. The molecule has 1 heterocycles. The highest BCUT2D eigenvalue weighted by atomic mass is 79.9. The zero-order valence-corrected chi connectivity index (χ0v) is 15.5. The van der Waals surface area contributed by atoms with Crippen LogP contribution in [0.5, 0.6) is 0 Å². The first-order valence-corrected chi connectivity index (χ1v) is 9.00. The molecule has 0 saturated carbocycles. The molecule has 130 valence electrons. The number of benzene rings is 2. The van der Waals surface area contributed by atoms with Crippen LogP contribution in [0.25, 0.3) is 0 Å². The number of nitrogens with one attached hydrogen (secondary N) is 2. The van der Waals surface area contributed by atoms with Gasteiger partial charge in [0, 0.05) is 17.4 Å². The number of anilines is 1. The number of nitrogens with zero attached hydrogens (tertiary/aromatic N) is 1. The summed E-state index contributed by atoms with van der Waals surface area (Å²) in [5, 5.41) is 5.69. The van der Waals surface area contributed by atoms with Crippen molar-refractivity contribution < 1.29 is 9.59 Å². The standard InChI is InChI=1S/C19H20BrN3O2/c1-13(14-7-3-2-4-8-14)23-12-15(11-18(23)24)21-19(25)22-17-10-6-5-9-16(17)20/h2-10,13,15H,11-12H2,1H3,(H2,21,22,25). The molecule has 5 nitrogen and oxygen atoms in total. The summed E-state index contributed by atoms with van der Waals surface area (Å²) < 4.78 is 0.812. The zero-order chi connectivity index (χ0) is 17.8. The molecule has 0 spiro atoms. The summed E-state index contributed by atoms with van der Waals surface area (Å²) in [6.07, 6.45) is 0.320. The minimum Gasteiger partial charge on any atom is -0.334 e. The molecule has 6 heteroatoms. The van der Waals surface area contributed by atoms with Crippen LogP contribution < -0.4 is 10.6 Å². The number of rotatable bonds is 4. The van der Waals surface area contributed by atoms with Gasteiger partial charge in [-0.1, -0.05) is 42.5 Å². The molecular formula is C19H20BrN3O2. The Morgan fingerprint density at radius 3 is 2.56 bits per heavy atom. The smallest absolute Gasteiger partial charge is 0.319 e. The molecule has 3 amide bonds. The van der Waals surface area contributed by atoms with Crippen LogP contribution in [0.1, 0.15) is 24.9 Å². The SMILES string of the molecule is CC(c1ccccc1)N1CC(NC(=O)Nc2ccccc2Br)CC1=O. The lowest BCUT2D eigenvalue weighted by atomic mass is 10.1. The number of amides is 3. The Kier molecular flexibility index (Phi) is 5.38. The summed E-state index contributed by atoms with van der Waals surface area (Å²) in [6.45, 7) is 2.52. The van der Waals surface area contributed by atoms with Crippen LogP contribution in [0.4, 0.5) is 10.5 Å². The van der Waals surface area contributed by atoms with Gasteiger partial charge in [-0.25, -0.2) is 4.79 Å². The van der Waals surface area contributed by atoms with Gasteiger partial charge >= 0.3 is 6.03 Å². The number of halogens is 1. The van der Waals surface area contributed by atoms with Crippen molar-refractivity contribution in [1.82, 2.24) is 10.2 Å². The Morgan fingerprint density at radius 1 is 1.16 bits per heavy atom. The molecule has 2 aromatic rings. The number of para-hydroxylation sites is 1. The minimum atomic E-state index is -0.307. The quantitative estimate of drug-likeness (QED) is 0.814. The van der Waals surface area contributed by atoms with Crippen molar-refractivity contribution >= 4 is 33.6 Å². The second-order valence-corrected chi connectivity index (χ2v) is 6.97. The summed E-state index contributed by atoms with van der Waals surface area (Å²) in [4.78, 5) is 26.4. The molecule has 2 N–H and O–H groups in total. The van der Waals surface area contributed by atoms with E-state index in [9.17, 15) is 9.59 Å². The van der Waals surface area contributed by atoms with Gasteiger partial charge in [-0.3, -0.25) is 4.79 Å². The molecule has 1 aliphatic rings. The van der Waals surface area contributed by atoms with E-state index in [0.29, 0.717) is 18.7 Å². The van der Waals surface area contributed by atoms with Gasteiger partial charge in [0.05, 0.1) is 17.8 Å². The maximum atomic E-state index is 12.3. The first kappa shape index (κ1) is 17.5. The van der Waals surface area contributed by atoms with Crippen LogP contribution in [0.2, 0.25) is 0 Å². The number of carbonyl (C=O) groups is 2. The molecule has 2 atom stereocenters. The van der Waals surface area contributed by atoms with Gasteiger partial charge < -0.3 is 15.5 Å². The topological polar surface area (TPSA) is 61.4 Å². The molecule has 0 radical (unpaired) electrons. The molecule has 0 aromatic heterocycles. The fourth-order valence-electron chi connectivity index (χ4n) is 3.02. The van der Waals surface area contributed by atoms with Crippen LogP contribution in [0.15, 0.2) is 59.1 Å². The lowest BCUT2D eigenvalue weighted by molar-refractivity contribution is -0.129. The van der Waals surface area contributed by atoms with E-state index in [0.717, 1.165) is 10.0 Å². The average molecular weight is 402 g/mol. The van der Waals surface area contributed by atoms with E-state index < -0.39 is 0 Å². The van der Waals surface area contributed by atoms with Crippen LogP contribution in [-0.2, 0) is 4.79 Å². The van der Waals surface area contributed by atoms with Gasteiger partial charge in [0.15, 0.2) is 0 Å². The van der Waals surface area contributed by atoms with E-state index >= 15 is 0 Å². The Balaban J connectivity index is 1.59. The summed E-state index contributed by atoms with van der Waals surface area (Å²) >= 11 is 3.40. The normalized spacial score (nSPS) is 18.1. The lowest BCUT2D eigenvalue weighted by Gasteiger charge is -2.25. The van der Waals surface area contributed by atoms with Crippen molar-refractivity contribution in [2.75, 3.05) is 11.9 Å². The predicted molar refractivity (Wildman–Crippen MR) is 101 cm³/mol. The van der Waals surface area contributed by atoms with E-state index in [-0.39, 0.29) is 24.0 Å². The summed E-state index contributed by atoms with van der Waals surface area (Å²) in [5.74, 6) is 0.0579. The molecule has 1 aliphatic heterocycles. The van der Waals surface area contributed by atoms with Crippen LogP contribution in [0, 0.1) is 0 Å². The fraction of sp³-hybridized carbons (Fsp3) is 0.263. The fourth-order valence-corrected chi connectivity index (χ4v) is 3.40. The first-order valence-electron chi connectivity index (χ1n) is 8.21. The Hall–Kier alpha value is -2.34. The van der Waals surface area contributed by atoms with E-state index in [1.54, 1.807) is 0 Å². The maximum absolute atomic E-state index is 12.3. The maximum Gasteiger partial charge on any atom is 0.319 e. The van der Waals surface area contributed by atoms with Crippen LogP contribution in [-0.4, -0.2) is 29.4 Å². The molecule has 2 unspecified atom stereocenters. The molecular weight excluding hydrogens is 382 g/mol. The highest BCUT2D eigenvalue weighted by Crippen LogP contribution is 2.26. The van der Waals surface area contributed by atoms with E-state index in [1.807, 2.05) is 66.4 Å². The van der Waals surface area contributed by atoms with Crippen LogP contribution >= 0.6 is 15.9 Å². The summed E-state index contributed by atoms with van der Waals surface area (Å²) in [5.41, 5.74) is 1.79. The largest absolute Gasteiger partial charge is 0.334 e. The minimum absolute atomic E-state index is 0.00757. The number of urea groups is 1. The molecule has 25 heavy (non-hydrogen) atoms. The number of hydrogen-bond acceptors (Lipinski definition) is 2. The Labute approximate surface area is 155 Å². The average Bonchev–Trinajstić information content (AvgIpc) is 2.97. The highest BCUT2D eigenvalue weighted by Gasteiger charge is 2.33. The lowest BCUT2D eigenvalue weighted by Crippen LogP contribution is -2.40. The van der Waals surface area contributed by atoms with E-state index in [4.69, 9.17) is 0 Å². The molecule has 1 fully saturated rings. The van der Waals surface area contributed by atoms with E-state index in [1.165, 1.54) is 0 Å². The number of likely N-dealkylation sites (tertiary alicyclic amines) is 1. The molecule has 1 saturated heterocycles. The molecule has 0 aliphatic carbocycles. The first-order chi connectivity index (χ1) is 12.0. The monoisotopic (exact) mass is 401 g/mol. The number of carbonyl (C=O) groups excluding carboxylic acids is 2. The van der Waals surface area contributed by atoms with Gasteiger partial charge in [0.2, 0.25) is 5.91 Å². The van der Waals surface area contributed by atoms with Crippen molar-refractivity contribution in [1.29, 1.82) is 0 Å². The van der Waals surface area contributed by atoms with Crippen molar-refractivity contribution in [2.24, 2.45) is 0 Å². The second kappa shape index (κ2) is 7.70. The number of hydrogen-bond donors (Lipinski definition) is 2. The summed E-state index contributed by atoms with van der Waals surface area (Å²) in [6, 6.07) is 16.8. The van der Waals surface area contributed by atoms with Gasteiger partial charge in [-0.2, -0.15) is 0 Å². The van der Waals surface area contributed by atoms with Crippen molar-refractivity contribution in [2.45, 2.75) is 25.4 Å². The van der Waals surface area contributed by atoms with Crippen molar-refractivity contribution in [3.63, 3.8) is 0 Å². The van der Waals surface area contributed by atoms with Gasteiger partial charge in [-0.15, -0.1) is 0 Å². The predicted octanol–water partition coefficient (Wildman–Crippen LogP) is 3.93. The second-order valence-electron chi connectivity index (χ2n) is 6.11. The van der Waals surface area contributed by atoms with E-state index in [2.05, 4.69) is 26.6 Å². The van der Waals surface area contributed by atoms with Crippen LogP contribution in [0.3, 0.4) is 0 Å². The Morgan fingerprint density at radius 2 is 1.84 bits per heavy atom. The molecule has 2 aromatic carbocycles. The highest BCUT2D eigenvalue weighted by molar-refractivity contribution is 9.10. The Bertz CT molecular complexity index is 766. The summed E-state index contributed by atoms with van der Waals surface area (Å²) in [7, 11) is 0. The van der Waals surface area contributed by atoms with Gasteiger partial charge in [0.1, 0.15) is 0 Å². The van der Waals surface area contributed by atoms with Gasteiger partial charge in [-0.05, 0) is 40.5 Å². The van der Waals surface area contributed by atoms with Crippen molar-refractivity contribution in [3.05, 3.63) is 64.6 Å². The third-order valence-electron chi connectivity index (χ3n) is 4.37. The van der Waals surface area contributed by atoms with Crippen molar-refractivity contribution in [3.8, 4) is 0 Å². The molecule has 0 bridgehead atoms. The third-order valence-corrected chi connectivity index (χ3v) is 5.06. The van der Waals surface area contributed by atoms with Gasteiger partial charge in [0.25, 0.3) is 0 Å².